The number of nitrogens with zero attached hydrogens (tertiary/aromatic N) is 3. The zero-order valence-electron chi connectivity index (χ0n) is 25.4. The Kier molecular flexibility index (Phi) is 6.67. The molecular weight excluding hydrogens is 614 g/mol. The topological polar surface area (TPSA) is 118 Å². The monoisotopic (exact) mass is 653 g/mol. The lowest BCUT2D eigenvalue weighted by Crippen LogP contribution is -2.67. The predicted molar refractivity (Wildman–Crippen MR) is 164 cm³/mol. The highest BCUT2D eigenvalue weighted by atomic mass is 79.9. The van der Waals surface area contributed by atoms with Crippen molar-refractivity contribution in [2.45, 2.75) is 77.1 Å². The number of aromatic amines is 1. The normalized spacial score (nSPS) is 32.3. The Balaban J connectivity index is 1.30. The van der Waals surface area contributed by atoms with Crippen LogP contribution in [-0.2, 0) is 25.5 Å². The molecule has 43 heavy (non-hydrogen) atoms. The summed E-state index contributed by atoms with van der Waals surface area (Å²) < 4.78 is 7.35. The first-order valence-electron chi connectivity index (χ1n) is 15.5. The number of ether oxygens (including phenoxy) is 1. The average Bonchev–Trinajstić information content (AvgIpc) is 3.63. The lowest BCUT2D eigenvalue weighted by atomic mass is 9.73. The molecule has 5 atom stereocenters. The molecule has 3 amide bonds. The van der Waals surface area contributed by atoms with E-state index >= 15 is 0 Å². The van der Waals surface area contributed by atoms with Gasteiger partial charge >= 0.3 is 0 Å². The van der Waals surface area contributed by atoms with Crippen molar-refractivity contribution in [1.29, 1.82) is 0 Å². The summed E-state index contributed by atoms with van der Waals surface area (Å²) in [5, 5.41) is 16.1. The van der Waals surface area contributed by atoms with Crippen LogP contribution in [-0.4, -0.2) is 92.9 Å². The van der Waals surface area contributed by atoms with Crippen LogP contribution in [0.15, 0.2) is 28.4 Å². The lowest BCUT2D eigenvalue weighted by Gasteiger charge is -2.45. The van der Waals surface area contributed by atoms with Gasteiger partial charge in [-0.3, -0.25) is 28.9 Å². The Morgan fingerprint density at radius 2 is 2.02 bits per heavy atom. The number of carbonyl (C=O) groups excluding carboxylic acids is 3. The summed E-state index contributed by atoms with van der Waals surface area (Å²) in [6.45, 7) is 8.66. The highest BCUT2D eigenvalue weighted by Crippen LogP contribution is 2.49. The van der Waals surface area contributed by atoms with Crippen molar-refractivity contribution >= 4 is 50.1 Å². The van der Waals surface area contributed by atoms with Crippen LogP contribution < -0.4 is 5.32 Å². The van der Waals surface area contributed by atoms with Crippen molar-refractivity contribution in [3.8, 4) is 0 Å². The molecule has 5 heterocycles. The Morgan fingerprint density at radius 3 is 2.74 bits per heavy atom. The minimum atomic E-state index is -1.98. The maximum atomic E-state index is 14.5. The van der Waals surface area contributed by atoms with Crippen LogP contribution in [0.3, 0.4) is 0 Å². The molecule has 10 nitrogen and oxygen atoms in total. The molecule has 2 aromatic rings. The smallest absolute Gasteiger partial charge is 0.281 e. The van der Waals surface area contributed by atoms with Gasteiger partial charge in [-0.1, -0.05) is 45.4 Å². The Bertz CT molecular complexity index is 1580. The van der Waals surface area contributed by atoms with Crippen LogP contribution in [0.4, 0.5) is 0 Å². The SMILES string of the molecule is CC(C)CC1=C2c3cccc4[nH]c(Br)c(c34)C[C@H]2N(C)C[C@@H]1C(=O)N[C@]1(C(C)C)O[C@@]2(O)[C@@H]3CCCN3C(=O)CN2C1=O. The van der Waals surface area contributed by atoms with Crippen molar-refractivity contribution < 1.29 is 24.2 Å². The number of carbonyl (C=O) groups is 3. The van der Waals surface area contributed by atoms with Crippen LogP contribution >= 0.6 is 15.9 Å². The van der Waals surface area contributed by atoms with E-state index in [-0.39, 0.29) is 24.4 Å². The quantitative estimate of drug-likeness (QED) is 0.456. The Hall–Kier alpha value is -2.73. The number of fused-ring (bicyclic) bond motifs is 5. The maximum absolute atomic E-state index is 14.5. The number of amides is 3. The van der Waals surface area contributed by atoms with E-state index in [2.05, 4.69) is 70.2 Å². The fourth-order valence-electron chi connectivity index (χ4n) is 8.24. The van der Waals surface area contributed by atoms with Crippen LogP contribution in [0.5, 0.6) is 0 Å². The van der Waals surface area contributed by atoms with E-state index in [1.165, 1.54) is 16.5 Å². The standard InChI is InChI=1S/C32H40BrN5O5/c1-16(2)12-19-21(14-36(5)23-13-20-26-18(27(19)23)8-6-9-22(26)34-28(20)33)29(40)35-31(17(3)4)30(41)38-15-25(39)37-11-7-10-24(37)32(38,42)43-31/h6,8-9,16-17,21,23-24,34,42H,7,10-15H2,1-5H3,(H,35,40)/t21-,23+,24-,31+,32-/m0/s1. The van der Waals surface area contributed by atoms with Gasteiger partial charge in [-0.15, -0.1) is 0 Å². The third-order valence-corrected chi connectivity index (χ3v) is 11.0. The second-order valence-corrected chi connectivity index (χ2v) is 14.5. The molecule has 0 radical (unpaired) electrons. The van der Waals surface area contributed by atoms with Gasteiger partial charge in [0.1, 0.15) is 12.6 Å². The predicted octanol–water partition coefficient (Wildman–Crippen LogP) is 3.19. The van der Waals surface area contributed by atoms with Gasteiger partial charge in [0.05, 0.1) is 10.5 Å². The number of aromatic nitrogens is 1. The van der Waals surface area contributed by atoms with Gasteiger partial charge in [-0.2, -0.15) is 0 Å². The van der Waals surface area contributed by atoms with E-state index in [4.69, 9.17) is 4.74 Å². The molecule has 230 valence electrons. The number of benzene rings is 1. The summed E-state index contributed by atoms with van der Waals surface area (Å²) in [5.41, 5.74) is 3.94. The van der Waals surface area contributed by atoms with Crippen LogP contribution in [0.2, 0.25) is 0 Å². The molecule has 0 unspecified atom stereocenters. The molecule has 1 aromatic carbocycles. The zero-order valence-corrected chi connectivity index (χ0v) is 27.0. The lowest BCUT2D eigenvalue weighted by molar-refractivity contribution is -0.314. The van der Waals surface area contributed by atoms with E-state index in [1.54, 1.807) is 18.7 Å². The molecule has 0 bridgehead atoms. The number of nitrogens with one attached hydrogen (secondary N) is 2. The van der Waals surface area contributed by atoms with Gasteiger partial charge < -0.3 is 20.3 Å². The Labute approximate surface area is 259 Å². The number of halogens is 1. The molecule has 4 aliphatic heterocycles. The molecule has 1 aliphatic carbocycles. The van der Waals surface area contributed by atoms with Crippen LogP contribution in [0.1, 0.15) is 58.1 Å². The van der Waals surface area contributed by atoms with Gasteiger partial charge in [0.2, 0.25) is 17.5 Å². The first kappa shape index (κ1) is 29.0. The molecule has 3 fully saturated rings. The third-order valence-electron chi connectivity index (χ3n) is 10.3. The average molecular weight is 655 g/mol. The van der Waals surface area contributed by atoms with Crippen molar-refractivity contribution in [1.82, 2.24) is 25.0 Å². The summed E-state index contributed by atoms with van der Waals surface area (Å²) in [6, 6.07) is 5.74. The van der Waals surface area contributed by atoms with E-state index in [0.717, 1.165) is 45.4 Å². The molecule has 0 saturated carbocycles. The van der Waals surface area contributed by atoms with Crippen molar-refractivity contribution in [3.63, 3.8) is 0 Å². The summed E-state index contributed by atoms with van der Waals surface area (Å²) in [6.07, 6.45) is 2.81. The molecule has 3 saturated heterocycles. The molecule has 0 spiro atoms. The number of H-pyrrole nitrogens is 1. The van der Waals surface area contributed by atoms with Crippen molar-refractivity contribution in [2.24, 2.45) is 17.8 Å². The van der Waals surface area contributed by atoms with Gasteiger partial charge in [0, 0.05) is 36.0 Å². The van der Waals surface area contributed by atoms with Crippen molar-refractivity contribution in [3.05, 3.63) is 39.5 Å². The number of hydrogen-bond donors (Lipinski definition) is 3. The first-order valence-corrected chi connectivity index (χ1v) is 16.2. The first-order chi connectivity index (χ1) is 20.4. The fraction of sp³-hybridized carbons (Fsp3) is 0.594. The van der Waals surface area contributed by atoms with E-state index in [1.807, 2.05) is 0 Å². The fourth-order valence-corrected chi connectivity index (χ4v) is 8.81. The molecule has 5 aliphatic rings. The second-order valence-electron chi connectivity index (χ2n) is 13.7. The number of rotatable bonds is 5. The molecule has 3 N–H and O–H groups in total. The highest BCUT2D eigenvalue weighted by molar-refractivity contribution is 9.10. The third kappa shape index (κ3) is 4.04. The summed E-state index contributed by atoms with van der Waals surface area (Å²) in [4.78, 5) is 50.0. The minimum Gasteiger partial charge on any atom is -0.349 e. The van der Waals surface area contributed by atoms with Crippen molar-refractivity contribution in [2.75, 3.05) is 26.7 Å². The molecule has 1 aromatic heterocycles. The molecule has 7 rings (SSSR count). The summed E-state index contributed by atoms with van der Waals surface area (Å²) in [7, 11) is 2.06. The van der Waals surface area contributed by atoms with Gasteiger partial charge in [0.25, 0.3) is 11.8 Å². The summed E-state index contributed by atoms with van der Waals surface area (Å²) >= 11 is 3.74. The minimum absolute atomic E-state index is 0.112. The number of aliphatic hydroxyl groups is 1. The molecular formula is C32H40BrN5O5. The van der Waals surface area contributed by atoms with E-state index in [0.29, 0.717) is 25.4 Å². The van der Waals surface area contributed by atoms with Crippen LogP contribution in [0, 0.1) is 17.8 Å². The number of piperazine rings is 1. The zero-order chi connectivity index (χ0) is 30.6. The highest BCUT2D eigenvalue weighted by Gasteiger charge is 2.69. The molecule has 11 heteroatoms. The van der Waals surface area contributed by atoms with E-state index < -0.39 is 35.4 Å². The largest absolute Gasteiger partial charge is 0.349 e. The van der Waals surface area contributed by atoms with E-state index in [9.17, 15) is 19.5 Å². The number of likely N-dealkylation sites (N-methyl/N-ethyl adjacent to an activating group) is 1. The maximum Gasteiger partial charge on any atom is 0.281 e. The Morgan fingerprint density at radius 1 is 1.26 bits per heavy atom. The van der Waals surface area contributed by atoms with Crippen LogP contribution in [0.25, 0.3) is 16.5 Å². The summed E-state index contributed by atoms with van der Waals surface area (Å²) in [5.74, 6) is -3.78. The van der Waals surface area contributed by atoms with Gasteiger partial charge in [-0.05, 0) is 77.3 Å². The second kappa shape index (κ2) is 9.89. The van der Waals surface area contributed by atoms with Gasteiger partial charge in [0.15, 0.2) is 0 Å². The van der Waals surface area contributed by atoms with Gasteiger partial charge in [-0.25, -0.2) is 0 Å². The number of hydrogen-bond acceptors (Lipinski definition) is 6.